The minimum absolute atomic E-state index is 0.197. The number of ether oxygens (including phenoxy) is 2. The van der Waals surface area contributed by atoms with E-state index in [1.807, 2.05) is 42.6 Å². The number of nitrogen functional groups attached to an aromatic ring is 1. The second-order valence-corrected chi connectivity index (χ2v) is 8.63. The number of rotatable bonds is 8. The first kappa shape index (κ1) is 23.7. The van der Waals surface area contributed by atoms with Gasteiger partial charge in [0, 0.05) is 67.7 Å². The van der Waals surface area contributed by atoms with Crippen LogP contribution < -0.4 is 15.8 Å². The second kappa shape index (κ2) is 10.7. The third-order valence-corrected chi connectivity index (χ3v) is 6.40. The van der Waals surface area contributed by atoms with Crippen LogP contribution in [0.2, 0.25) is 0 Å². The third-order valence-electron chi connectivity index (χ3n) is 6.40. The molecule has 36 heavy (non-hydrogen) atoms. The van der Waals surface area contributed by atoms with Crippen molar-refractivity contribution in [2.45, 2.75) is 6.04 Å². The summed E-state index contributed by atoms with van der Waals surface area (Å²) < 4.78 is 10.8. The van der Waals surface area contributed by atoms with Crippen molar-refractivity contribution in [1.82, 2.24) is 24.8 Å². The molecule has 3 aromatic rings. The molecule has 2 aliphatic heterocycles. The lowest BCUT2D eigenvalue weighted by Gasteiger charge is -2.35. The number of benzene rings is 1. The average molecular weight is 488 g/mol. The van der Waals surface area contributed by atoms with E-state index in [0.29, 0.717) is 18.1 Å². The summed E-state index contributed by atoms with van der Waals surface area (Å²) in [6.45, 7) is 4.85. The Balaban J connectivity index is 1.51. The quantitative estimate of drug-likeness (QED) is 0.459. The van der Waals surface area contributed by atoms with Crippen molar-refractivity contribution in [2.24, 2.45) is 0 Å². The number of aromatic nitrogens is 3. The Bertz CT molecular complexity index is 1240. The van der Waals surface area contributed by atoms with E-state index in [1.165, 1.54) is 0 Å². The second-order valence-electron chi connectivity index (χ2n) is 8.63. The minimum atomic E-state index is -0.483. The van der Waals surface area contributed by atoms with Crippen LogP contribution in [0.15, 0.2) is 48.9 Å². The fourth-order valence-corrected chi connectivity index (χ4v) is 4.45. The molecular weight excluding hydrogens is 458 g/mol. The number of methoxy groups -OCH3 is 1. The van der Waals surface area contributed by atoms with Crippen LogP contribution in [0, 0.1) is 0 Å². The smallest absolute Gasteiger partial charge is 0.219 e. The lowest BCUT2D eigenvalue weighted by Crippen LogP contribution is -2.41. The molecule has 0 saturated carbocycles. The fraction of sp³-hybridized carbons (Fsp3) is 0.308. The number of pyridine rings is 1. The summed E-state index contributed by atoms with van der Waals surface area (Å²) in [6, 6.07) is 9.06. The lowest BCUT2D eigenvalue weighted by molar-refractivity contribution is -0.112. The summed E-state index contributed by atoms with van der Waals surface area (Å²) in [4.78, 5) is 30.0. The Morgan fingerprint density at radius 1 is 1.19 bits per heavy atom. The highest BCUT2D eigenvalue weighted by Crippen LogP contribution is 2.37. The van der Waals surface area contributed by atoms with Gasteiger partial charge in [-0.1, -0.05) is 6.07 Å². The number of aldehydes is 1. The van der Waals surface area contributed by atoms with Crippen LogP contribution in [0.4, 0.5) is 17.5 Å². The Hall–Kier alpha value is -4.02. The van der Waals surface area contributed by atoms with Gasteiger partial charge in [-0.2, -0.15) is 0 Å². The molecule has 0 spiro atoms. The molecule has 0 aliphatic carbocycles. The molecule has 186 valence electrons. The van der Waals surface area contributed by atoms with Crippen LogP contribution in [0.3, 0.4) is 0 Å². The molecule has 2 aliphatic rings. The fourth-order valence-electron chi connectivity index (χ4n) is 4.45. The molecule has 1 unspecified atom stereocenters. The molecule has 0 amide bonds. The number of morpholine rings is 1. The maximum atomic E-state index is 12.5. The molecule has 1 saturated heterocycles. The zero-order chi connectivity index (χ0) is 24.9. The Morgan fingerprint density at radius 3 is 2.75 bits per heavy atom. The van der Waals surface area contributed by atoms with Gasteiger partial charge in [-0.3, -0.25) is 4.90 Å². The monoisotopic (exact) mass is 487 g/mol. The topological polar surface area (TPSA) is 119 Å². The van der Waals surface area contributed by atoms with Gasteiger partial charge in [0.15, 0.2) is 0 Å². The molecule has 10 heteroatoms. The highest BCUT2D eigenvalue weighted by molar-refractivity contribution is 5.80. The van der Waals surface area contributed by atoms with Crippen molar-refractivity contribution < 1.29 is 14.3 Å². The number of nitrogens with one attached hydrogen (secondary N) is 1. The van der Waals surface area contributed by atoms with Crippen LogP contribution >= 0.6 is 0 Å². The number of fused-ring (bicyclic) bond motifs is 1. The van der Waals surface area contributed by atoms with Crippen LogP contribution in [0.25, 0.3) is 17.3 Å². The van der Waals surface area contributed by atoms with Crippen LogP contribution in [0.1, 0.15) is 17.2 Å². The number of hydrogen-bond donors (Lipinski definition) is 2. The van der Waals surface area contributed by atoms with Gasteiger partial charge in [0.1, 0.15) is 23.9 Å². The van der Waals surface area contributed by atoms with E-state index in [-0.39, 0.29) is 5.95 Å². The molecule has 4 heterocycles. The molecule has 10 nitrogen and oxygen atoms in total. The van der Waals surface area contributed by atoms with Gasteiger partial charge < -0.3 is 30.2 Å². The highest BCUT2D eigenvalue weighted by Gasteiger charge is 2.28. The average Bonchev–Trinajstić information content (AvgIpc) is 2.92. The first-order valence-electron chi connectivity index (χ1n) is 11.9. The van der Waals surface area contributed by atoms with E-state index in [4.69, 9.17) is 20.2 Å². The Kier molecular flexibility index (Phi) is 7.06. The normalized spacial score (nSPS) is 17.5. The zero-order valence-electron chi connectivity index (χ0n) is 20.1. The van der Waals surface area contributed by atoms with Gasteiger partial charge in [0.05, 0.1) is 26.0 Å². The van der Waals surface area contributed by atoms with Crippen molar-refractivity contribution in [2.75, 3.05) is 57.6 Å². The molecule has 5 rings (SSSR count). The molecule has 1 atom stereocenters. The molecule has 3 N–H and O–H groups in total. The van der Waals surface area contributed by atoms with E-state index in [9.17, 15) is 4.79 Å². The van der Waals surface area contributed by atoms with Crippen molar-refractivity contribution in [3.8, 4) is 17.0 Å². The maximum Gasteiger partial charge on any atom is 0.219 e. The molecule has 2 aromatic heterocycles. The molecule has 1 aromatic carbocycles. The number of hydrogen-bond acceptors (Lipinski definition) is 10. The standard InChI is InChI=1S/C26H29N7O3/c1-35-21-4-2-3-20(14-21)30-25-24-18(13-22(31-25)19-15-28-26(27)29-16-19)5-6-33(23(24)17-34)8-7-32-9-11-36-12-10-32/h2-6,13-17,23H,7-12H2,1H3,(H,30,31)(H2,27,28,29). The van der Waals surface area contributed by atoms with Gasteiger partial charge in [-0.25, -0.2) is 15.0 Å². The van der Waals surface area contributed by atoms with Crippen LogP contribution in [-0.4, -0.2) is 77.5 Å². The van der Waals surface area contributed by atoms with Crippen LogP contribution in [-0.2, 0) is 9.53 Å². The first-order valence-corrected chi connectivity index (χ1v) is 11.9. The number of nitrogens with two attached hydrogens (primary N) is 1. The SMILES string of the molecule is COc1cccc(Nc2nc(-c3cnc(N)nc3)cc3c2C(C=O)N(CCN2CCOCC2)C=C3)c1. The third kappa shape index (κ3) is 5.14. The predicted molar refractivity (Wildman–Crippen MR) is 138 cm³/mol. The van der Waals surface area contributed by atoms with E-state index in [2.05, 4.69) is 25.1 Å². The summed E-state index contributed by atoms with van der Waals surface area (Å²) in [5, 5.41) is 3.42. The summed E-state index contributed by atoms with van der Waals surface area (Å²) in [6.07, 6.45) is 8.27. The van der Waals surface area contributed by atoms with Crippen molar-refractivity contribution in [1.29, 1.82) is 0 Å². The number of carbonyl (C=O) groups is 1. The predicted octanol–water partition coefficient (Wildman–Crippen LogP) is 2.73. The summed E-state index contributed by atoms with van der Waals surface area (Å²) in [7, 11) is 1.63. The molecular formula is C26H29N7O3. The molecule has 1 fully saturated rings. The van der Waals surface area contributed by atoms with Crippen LogP contribution in [0.5, 0.6) is 5.75 Å². The zero-order valence-corrected chi connectivity index (χ0v) is 20.1. The Morgan fingerprint density at radius 2 is 2.00 bits per heavy atom. The number of anilines is 3. The van der Waals surface area contributed by atoms with E-state index < -0.39 is 6.04 Å². The van der Waals surface area contributed by atoms with E-state index in [1.54, 1.807) is 19.5 Å². The summed E-state index contributed by atoms with van der Waals surface area (Å²) >= 11 is 0. The van der Waals surface area contributed by atoms with Crippen molar-refractivity contribution >= 4 is 29.8 Å². The molecule has 0 radical (unpaired) electrons. The van der Waals surface area contributed by atoms with Gasteiger partial charge in [0.2, 0.25) is 5.95 Å². The van der Waals surface area contributed by atoms with Gasteiger partial charge >= 0.3 is 0 Å². The first-order chi connectivity index (χ1) is 17.6. The number of carbonyl (C=O) groups excluding carboxylic acids is 1. The van der Waals surface area contributed by atoms with E-state index in [0.717, 1.165) is 67.3 Å². The summed E-state index contributed by atoms with van der Waals surface area (Å²) in [5.74, 6) is 1.50. The van der Waals surface area contributed by atoms with Crippen molar-refractivity contribution in [3.05, 3.63) is 60.1 Å². The lowest BCUT2D eigenvalue weighted by atomic mass is 9.95. The van der Waals surface area contributed by atoms with Crippen molar-refractivity contribution in [3.63, 3.8) is 0 Å². The summed E-state index contributed by atoms with van der Waals surface area (Å²) in [5.41, 5.74) is 9.60. The van der Waals surface area contributed by atoms with E-state index >= 15 is 0 Å². The maximum absolute atomic E-state index is 12.5. The Labute approximate surface area is 209 Å². The van der Waals surface area contributed by atoms with Gasteiger partial charge in [-0.05, 0) is 29.8 Å². The largest absolute Gasteiger partial charge is 0.497 e. The number of nitrogens with zero attached hydrogens (tertiary/aromatic N) is 5. The van der Waals surface area contributed by atoms with Gasteiger partial charge in [0.25, 0.3) is 0 Å². The minimum Gasteiger partial charge on any atom is -0.497 e. The highest BCUT2D eigenvalue weighted by atomic mass is 16.5. The molecule has 0 bridgehead atoms. The van der Waals surface area contributed by atoms with Gasteiger partial charge in [-0.15, -0.1) is 0 Å².